The maximum absolute atomic E-state index is 13.0. The van der Waals surface area contributed by atoms with Crippen molar-refractivity contribution < 1.29 is 9.18 Å². The Labute approximate surface area is 133 Å². The second-order valence-electron chi connectivity index (χ2n) is 5.98. The summed E-state index contributed by atoms with van der Waals surface area (Å²) >= 11 is 0. The van der Waals surface area contributed by atoms with Gasteiger partial charge in [0, 0.05) is 16.8 Å². The Morgan fingerprint density at radius 3 is 2.65 bits per heavy atom. The standard InChI is InChI=1S/C19H17FN2O/c20-12-8-10-13(11-9-12)21-19(23)16-6-3-5-15-14-4-1-2-7-17(14)22-18(15)16/h3,5-6,8-11,22H,1-2,4,7H2,(H,21,23). The number of hydrogen-bond donors (Lipinski definition) is 2. The van der Waals surface area contributed by atoms with Crippen LogP contribution in [0.3, 0.4) is 0 Å². The van der Waals surface area contributed by atoms with Gasteiger partial charge in [-0.2, -0.15) is 0 Å². The Balaban J connectivity index is 1.72. The van der Waals surface area contributed by atoms with Gasteiger partial charge in [-0.3, -0.25) is 4.79 Å². The Hall–Kier alpha value is -2.62. The number of benzene rings is 2. The van der Waals surface area contributed by atoms with Gasteiger partial charge in [0.15, 0.2) is 0 Å². The van der Waals surface area contributed by atoms with Gasteiger partial charge in [0.25, 0.3) is 5.91 Å². The molecule has 4 heteroatoms. The molecule has 0 bridgehead atoms. The number of carbonyl (C=O) groups is 1. The monoisotopic (exact) mass is 308 g/mol. The summed E-state index contributed by atoms with van der Waals surface area (Å²) in [7, 11) is 0. The van der Waals surface area contributed by atoms with Crippen LogP contribution < -0.4 is 5.32 Å². The quantitative estimate of drug-likeness (QED) is 0.722. The van der Waals surface area contributed by atoms with Gasteiger partial charge in [-0.05, 0) is 61.6 Å². The van der Waals surface area contributed by atoms with Gasteiger partial charge in [-0.25, -0.2) is 4.39 Å². The van der Waals surface area contributed by atoms with Crippen molar-refractivity contribution in [3.63, 3.8) is 0 Å². The lowest BCUT2D eigenvalue weighted by Crippen LogP contribution is -2.12. The van der Waals surface area contributed by atoms with E-state index in [4.69, 9.17) is 0 Å². The highest BCUT2D eigenvalue weighted by Crippen LogP contribution is 2.31. The maximum Gasteiger partial charge on any atom is 0.257 e. The molecule has 3 aromatic rings. The minimum absolute atomic E-state index is 0.180. The van der Waals surface area contributed by atoms with Crippen LogP contribution in [-0.2, 0) is 12.8 Å². The summed E-state index contributed by atoms with van der Waals surface area (Å²) in [6, 6.07) is 11.6. The van der Waals surface area contributed by atoms with Gasteiger partial charge in [0.05, 0.1) is 11.1 Å². The highest BCUT2D eigenvalue weighted by molar-refractivity contribution is 6.12. The molecule has 0 unspecified atom stereocenters. The molecule has 1 aromatic heterocycles. The molecule has 0 saturated heterocycles. The predicted molar refractivity (Wildman–Crippen MR) is 89.3 cm³/mol. The molecule has 1 amide bonds. The van der Waals surface area contributed by atoms with Gasteiger partial charge in [0.1, 0.15) is 5.82 Å². The Morgan fingerprint density at radius 1 is 1.04 bits per heavy atom. The summed E-state index contributed by atoms with van der Waals surface area (Å²) in [6.45, 7) is 0. The minimum atomic E-state index is -0.317. The smallest absolute Gasteiger partial charge is 0.257 e. The first-order valence-corrected chi connectivity index (χ1v) is 7.92. The molecule has 1 aliphatic carbocycles. The first-order chi connectivity index (χ1) is 11.2. The van der Waals surface area contributed by atoms with E-state index in [0.29, 0.717) is 11.3 Å². The van der Waals surface area contributed by atoms with Crippen LogP contribution in [0.5, 0.6) is 0 Å². The minimum Gasteiger partial charge on any atom is -0.358 e. The van der Waals surface area contributed by atoms with Crippen LogP contribution in [0.2, 0.25) is 0 Å². The van der Waals surface area contributed by atoms with E-state index in [-0.39, 0.29) is 11.7 Å². The van der Waals surface area contributed by atoms with E-state index in [2.05, 4.69) is 16.4 Å². The van der Waals surface area contributed by atoms with Crippen molar-refractivity contribution in [2.24, 2.45) is 0 Å². The lowest BCUT2D eigenvalue weighted by Gasteiger charge is -2.10. The molecular weight excluding hydrogens is 291 g/mol. The lowest BCUT2D eigenvalue weighted by molar-refractivity contribution is 0.102. The van der Waals surface area contributed by atoms with Crippen molar-refractivity contribution in [1.29, 1.82) is 0 Å². The van der Waals surface area contributed by atoms with Crippen LogP contribution in [0.1, 0.15) is 34.5 Å². The zero-order chi connectivity index (χ0) is 15.8. The maximum atomic E-state index is 13.0. The van der Waals surface area contributed by atoms with Crippen molar-refractivity contribution in [2.75, 3.05) is 5.32 Å². The molecule has 0 saturated carbocycles. The number of halogens is 1. The molecular formula is C19H17FN2O. The molecule has 0 spiro atoms. The van der Waals surface area contributed by atoms with E-state index in [1.165, 1.54) is 36.2 Å². The zero-order valence-corrected chi connectivity index (χ0v) is 12.7. The number of nitrogens with one attached hydrogen (secondary N) is 2. The van der Waals surface area contributed by atoms with E-state index < -0.39 is 0 Å². The zero-order valence-electron chi connectivity index (χ0n) is 12.7. The lowest BCUT2D eigenvalue weighted by atomic mass is 9.95. The summed E-state index contributed by atoms with van der Waals surface area (Å²) in [4.78, 5) is 16.0. The number of anilines is 1. The van der Waals surface area contributed by atoms with Crippen molar-refractivity contribution in [3.05, 3.63) is 65.1 Å². The first-order valence-electron chi connectivity index (χ1n) is 7.92. The number of aryl methyl sites for hydroxylation is 2. The number of carbonyl (C=O) groups excluding carboxylic acids is 1. The Morgan fingerprint density at radius 2 is 1.83 bits per heavy atom. The first kappa shape index (κ1) is 14.0. The number of para-hydroxylation sites is 1. The molecule has 1 heterocycles. The third kappa shape index (κ3) is 2.50. The van der Waals surface area contributed by atoms with Crippen LogP contribution >= 0.6 is 0 Å². The van der Waals surface area contributed by atoms with Crippen LogP contribution in [0.25, 0.3) is 10.9 Å². The number of aromatic amines is 1. The largest absolute Gasteiger partial charge is 0.358 e. The highest BCUT2D eigenvalue weighted by atomic mass is 19.1. The van der Waals surface area contributed by atoms with Gasteiger partial charge >= 0.3 is 0 Å². The topological polar surface area (TPSA) is 44.9 Å². The second-order valence-corrected chi connectivity index (χ2v) is 5.98. The van der Waals surface area contributed by atoms with E-state index >= 15 is 0 Å². The molecule has 1 aliphatic rings. The number of H-pyrrole nitrogens is 1. The van der Waals surface area contributed by atoms with Crippen molar-refractivity contribution >= 4 is 22.5 Å². The van der Waals surface area contributed by atoms with Crippen molar-refractivity contribution in [1.82, 2.24) is 4.98 Å². The normalized spacial score (nSPS) is 13.8. The fraction of sp³-hybridized carbons (Fsp3) is 0.211. The summed E-state index contributed by atoms with van der Waals surface area (Å²) in [6.07, 6.45) is 4.50. The molecule has 0 radical (unpaired) electrons. The number of aromatic nitrogens is 1. The van der Waals surface area contributed by atoms with Crippen molar-refractivity contribution in [3.8, 4) is 0 Å². The average molecular weight is 308 g/mol. The molecule has 3 nitrogen and oxygen atoms in total. The van der Waals surface area contributed by atoms with Crippen LogP contribution in [0.15, 0.2) is 42.5 Å². The molecule has 0 aliphatic heterocycles. The summed E-state index contributed by atoms with van der Waals surface area (Å²) in [5.74, 6) is -0.497. The summed E-state index contributed by atoms with van der Waals surface area (Å²) in [5.41, 5.74) is 4.72. The highest BCUT2D eigenvalue weighted by Gasteiger charge is 2.19. The molecule has 4 rings (SSSR count). The molecule has 0 fully saturated rings. The van der Waals surface area contributed by atoms with E-state index in [1.807, 2.05) is 12.1 Å². The average Bonchev–Trinajstić information content (AvgIpc) is 2.95. The van der Waals surface area contributed by atoms with E-state index in [1.54, 1.807) is 12.1 Å². The molecule has 23 heavy (non-hydrogen) atoms. The van der Waals surface area contributed by atoms with Gasteiger partial charge < -0.3 is 10.3 Å². The van der Waals surface area contributed by atoms with Gasteiger partial charge in [-0.15, -0.1) is 0 Å². The fourth-order valence-electron chi connectivity index (χ4n) is 3.35. The predicted octanol–water partition coefficient (Wildman–Crippen LogP) is 4.44. The van der Waals surface area contributed by atoms with Crippen molar-refractivity contribution in [2.45, 2.75) is 25.7 Å². The number of rotatable bonds is 2. The van der Waals surface area contributed by atoms with Crippen LogP contribution in [0.4, 0.5) is 10.1 Å². The summed E-state index contributed by atoms with van der Waals surface area (Å²) < 4.78 is 13.0. The molecule has 2 aromatic carbocycles. The van der Waals surface area contributed by atoms with Crippen LogP contribution in [-0.4, -0.2) is 10.9 Å². The molecule has 0 atom stereocenters. The molecule has 116 valence electrons. The number of amides is 1. The van der Waals surface area contributed by atoms with Gasteiger partial charge in [-0.1, -0.05) is 12.1 Å². The van der Waals surface area contributed by atoms with Gasteiger partial charge in [0.2, 0.25) is 0 Å². The molecule has 2 N–H and O–H groups in total. The summed E-state index contributed by atoms with van der Waals surface area (Å²) in [5, 5.41) is 3.98. The Kier molecular flexibility index (Phi) is 3.37. The number of fused-ring (bicyclic) bond motifs is 3. The third-order valence-corrected chi connectivity index (χ3v) is 4.48. The Bertz CT molecular complexity index is 880. The second kappa shape index (κ2) is 5.54. The van der Waals surface area contributed by atoms with E-state index in [0.717, 1.165) is 23.7 Å². The fourth-order valence-corrected chi connectivity index (χ4v) is 3.35. The number of hydrogen-bond acceptors (Lipinski definition) is 1. The third-order valence-electron chi connectivity index (χ3n) is 4.48. The van der Waals surface area contributed by atoms with E-state index in [9.17, 15) is 9.18 Å². The van der Waals surface area contributed by atoms with Crippen LogP contribution in [0, 0.1) is 5.82 Å². The SMILES string of the molecule is O=C(Nc1ccc(F)cc1)c1cccc2c3c([nH]c12)CCCC3.